The van der Waals surface area contributed by atoms with Gasteiger partial charge in [-0.2, -0.15) is 0 Å². The Morgan fingerprint density at radius 1 is 1.20 bits per heavy atom. The first-order chi connectivity index (χ1) is 19.8. The van der Waals surface area contributed by atoms with Gasteiger partial charge in [-0.25, -0.2) is 4.98 Å². The van der Waals surface area contributed by atoms with Crippen LogP contribution in [0.2, 0.25) is 5.02 Å². The van der Waals surface area contributed by atoms with E-state index in [0.717, 1.165) is 73.6 Å². The number of pyridine rings is 1. The number of piperidine rings is 1. The zero-order valence-corrected chi connectivity index (χ0v) is 25.0. The molecule has 1 aromatic carbocycles. The van der Waals surface area contributed by atoms with E-state index in [0.29, 0.717) is 17.1 Å². The number of nitrogens with two attached hydrogens (primary N) is 1. The number of H-pyrrole nitrogens is 1. The largest absolute Gasteiger partial charge is 0.367 e. The number of nitrogens with zero attached hydrogens (tertiary/aromatic N) is 3. The maximum absolute atomic E-state index is 13.0. The molecule has 1 saturated heterocycles. The summed E-state index contributed by atoms with van der Waals surface area (Å²) in [6, 6.07) is 11.1. The first kappa shape index (κ1) is 30.6. The summed E-state index contributed by atoms with van der Waals surface area (Å²) >= 11 is 6.12. The second-order valence-electron chi connectivity index (χ2n) is 10.6. The summed E-state index contributed by atoms with van der Waals surface area (Å²) in [5, 5.41) is 7.15. The van der Waals surface area contributed by atoms with Crippen LogP contribution in [0.1, 0.15) is 60.8 Å². The highest BCUT2D eigenvalue weighted by Gasteiger charge is 2.23. The van der Waals surface area contributed by atoms with Gasteiger partial charge in [0, 0.05) is 61.6 Å². The van der Waals surface area contributed by atoms with Crippen LogP contribution in [-0.2, 0) is 4.79 Å². The van der Waals surface area contributed by atoms with E-state index in [2.05, 4.69) is 39.3 Å². The van der Waals surface area contributed by atoms with E-state index in [9.17, 15) is 9.59 Å². The van der Waals surface area contributed by atoms with Gasteiger partial charge in [-0.3, -0.25) is 9.59 Å². The van der Waals surface area contributed by atoms with Crippen LogP contribution >= 0.6 is 11.6 Å². The van der Waals surface area contributed by atoms with Crippen molar-refractivity contribution >= 4 is 29.2 Å². The van der Waals surface area contributed by atoms with E-state index >= 15 is 0 Å². The third-order valence-corrected chi connectivity index (χ3v) is 8.10. The van der Waals surface area contributed by atoms with E-state index in [-0.39, 0.29) is 30.4 Å². The summed E-state index contributed by atoms with van der Waals surface area (Å²) in [6.45, 7) is 10.8. The molecule has 2 aromatic heterocycles. The van der Waals surface area contributed by atoms with Crippen LogP contribution in [0.4, 0.5) is 5.82 Å². The molecule has 3 aromatic rings. The molecule has 5 N–H and O–H groups in total. The average Bonchev–Trinajstić information content (AvgIpc) is 3.48. The summed E-state index contributed by atoms with van der Waals surface area (Å²) in [6.07, 6.45) is 6.02. The highest BCUT2D eigenvalue weighted by atomic mass is 35.5. The van der Waals surface area contributed by atoms with Crippen molar-refractivity contribution in [1.82, 2.24) is 25.1 Å². The van der Waals surface area contributed by atoms with E-state index in [1.54, 1.807) is 6.07 Å². The zero-order chi connectivity index (χ0) is 29.4. The van der Waals surface area contributed by atoms with Crippen LogP contribution in [0.15, 0.2) is 48.8 Å². The number of aryl methyl sites for hydroxylation is 1. The van der Waals surface area contributed by atoms with Crippen LogP contribution in [0.5, 0.6) is 0 Å². The number of carbonyl (C=O) groups is 2. The molecule has 1 fully saturated rings. The minimum atomic E-state index is -0.351. The fraction of sp³-hybridized carbons (Fsp3) is 0.452. The van der Waals surface area contributed by atoms with Gasteiger partial charge in [0.05, 0.1) is 6.04 Å². The number of carbonyl (C=O) groups excluding carboxylic acids is 2. The molecule has 0 spiro atoms. The van der Waals surface area contributed by atoms with Crippen molar-refractivity contribution < 1.29 is 9.59 Å². The Labute approximate surface area is 247 Å². The van der Waals surface area contributed by atoms with Gasteiger partial charge in [0.1, 0.15) is 11.5 Å². The third-order valence-electron chi connectivity index (χ3n) is 7.87. The molecule has 0 aliphatic carbocycles. The minimum Gasteiger partial charge on any atom is -0.367 e. The van der Waals surface area contributed by atoms with Crippen LogP contribution < -0.4 is 16.4 Å². The average molecular weight is 580 g/mol. The Kier molecular flexibility index (Phi) is 10.8. The summed E-state index contributed by atoms with van der Waals surface area (Å²) < 4.78 is 0. The maximum atomic E-state index is 13.0. The predicted octanol–water partition coefficient (Wildman–Crippen LogP) is 4.60. The molecule has 220 valence electrons. The molecule has 1 atom stereocenters. The van der Waals surface area contributed by atoms with Crippen molar-refractivity contribution in [3.05, 3.63) is 70.6 Å². The topological polar surface area (TPSA) is 119 Å². The van der Waals surface area contributed by atoms with E-state index in [4.69, 9.17) is 17.3 Å². The maximum Gasteiger partial charge on any atom is 0.268 e. The summed E-state index contributed by atoms with van der Waals surface area (Å²) in [5.74, 6) is 0.784. The Hall–Kier alpha value is -3.40. The number of nitrogens with one attached hydrogen (secondary N) is 3. The highest BCUT2D eigenvalue weighted by molar-refractivity contribution is 6.30. The lowest BCUT2D eigenvalue weighted by Crippen LogP contribution is -2.43. The highest BCUT2D eigenvalue weighted by Crippen LogP contribution is 2.27. The summed E-state index contributed by atoms with van der Waals surface area (Å²) in [4.78, 5) is 37.7. The van der Waals surface area contributed by atoms with E-state index in [1.807, 2.05) is 54.5 Å². The first-order valence-corrected chi connectivity index (χ1v) is 14.9. The molecule has 4 rings (SSSR count). The molecule has 10 heteroatoms. The van der Waals surface area contributed by atoms with Crippen molar-refractivity contribution in [2.24, 2.45) is 5.73 Å². The SMILES string of the molecule is CCN(CC)CCC(=O)N1CCC(Nc2cc(-c3c[nH]c(C(=O)NC(CN)c4cccc(Cl)c4)c3)c(C)cn2)CC1. The summed E-state index contributed by atoms with van der Waals surface area (Å²) in [5.41, 5.74) is 10.2. The number of amides is 2. The van der Waals surface area contributed by atoms with E-state index < -0.39 is 0 Å². The monoisotopic (exact) mass is 579 g/mol. The Morgan fingerprint density at radius 3 is 2.63 bits per heavy atom. The van der Waals surface area contributed by atoms with Gasteiger partial charge < -0.3 is 31.2 Å². The van der Waals surface area contributed by atoms with Crippen molar-refractivity contribution in [3.63, 3.8) is 0 Å². The smallest absolute Gasteiger partial charge is 0.268 e. The van der Waals surface area contributed by atoms with Crippen LogP contribution in [0.25, 0.3) is 11.1 Å². The molecular formula is C31H42ClN7O2. The number of likely N-dealkylation sites (tertiary alicyclic amines) is 1. The predicted molar refractivity (Wildman–Crippen MR) is 165 cm³/mol. The van der Waals surface area contributed by atoms with Crippen molar-refractivity contribution in [2.75, 3.05) is 44.6 Å². The molecule has 41 heavy (non-hydrogen) atoms. The second-order valence-corrected chi connectivity index (χ2v) is 11.0. The van der Waals surface area contributed by atoms with Crippen LogP contribution in [0.3, 0.4) is 0 Å². The van der Waals surface area contributed by atoms with Gasteiger partial charge in [-0.15, -0.1) is 0 Å². The number of anilines is 1. The molecule has 0 bridgehead atoms. The molecule has 0 saturated carbocycles. The van der Waals surface area contributed by atoms with Gasteiger partial charge in [-0.1, -0.05) is 37.6 Å². The van der Waals surface area contributed by atoms with E-state index in [1.165, 1.54) is 0 Å². The molecule has 0 radical (unpaired) electrons. The second kappa shape index (κ2) is 14.5. The van der Waals surface area contributed by atoms with Crippen molar-refractivity contribution in [3.8, 4) is 11.1 Å². The lowest BCUT2D eigenvalue weighted by Gasteiger charge is -2.33. The lowest BCUT2D eigenvalue weighted by molar-refractivity contribution is -0.132. The van der Waals surface area contributed by atoms with Gasteiger partial charge >= 0.3 is 0 Å². The quantitative estimate of drug-likeness (QED) is 0.249. The van der Waals surface area contributed by atoms with Gasteiger partial charge in [0.2, 0.25) is 5.91 Å². The Bertz CT molecular complexity index is 1320. The van der Waals surface area contributed by atoms with Crippen molar-refractivity contribution in [2.45, 2.75) is 52.1 Å². The molecule has 1 aliphatic heterocycles. The van der Waals surface area contributed by atoms with Gasteiger partial charge in [-0.05, 0) is 73.8 Å². The number of rotatable bonds is 12. The number of aromatic nitrogens is 2. The number of benzene rings is 1. The fourth-order valence-electron chi connectivity index (χ4n) is 5.27. The van der Waals surface area contributed by atoms with Gasteiger partial charge in [0.15, 0.2) is 0 Å². The normalized spacial score (nSPS) is 14.7. The van der Waals surface area contributed by atoms with Crippen LogP contribution in [-0.4, -0.2) is 76.9 Å². The Balaban J connectivity index is 1.35. The minimum absolute atomic E-state index is 0.240. The third kappa shape index (κ3) is 8.09. The molecule has 1 aliphatic rings. The number of hydrogen-bond acceptors (Lipinski definition) is 6. The first-order valence-electron chi connectivity index (χ1n) is 14.5. The summed E-state index contributed by atoms with van der Waals surface area (Å²) in [7, 11) is 0. The molecular weight excluding hydrogens is 538 g/mol. The molecule has 3 heterocycles. The Morgan fingerprint density at radius 2 is 1.95 bits per heavy atom. The molecule has 1 unspecified atom stereocenters. The number of halogens is 1. The molecule has 2 amide bonds. The molecule has 9 nitrogen and oxygen atoms in total. The lowest BCUT2D eigenvalue weighted by atomic mass is 10.0. The standard InChI is InChI=1S/C31H42ClN7O2/c1-4-38(5-2)12-11-30(40)39-13-9-25(10-14-39)36-29-17-26(21(3)19-35-29)23-16-27(34-20-23)31(41)37-28(18-33)22-7-6-8-24(32)15-22/h6-8,15-17,19-20,25,28,34H,4-5,9-14,18,33H2,1-3H3,(H,35,36)(H,37,41). The zero-order valence-electron chi connectivity index (χ0n) is 24.3. The number of aromatic amines is 1. The van der Waals surface area contributed by atoms with Crippen molar-refractivity contribution in [1.29, 1.82) is 0 Å². The van der Waals surface area contributed by atoms with Gasteiger partial charge in [0.25, 0.3) is 5.91 Å². The van der Waals surface area contributed by atoms with Crippen LogP contribution in [0, 0.1) is 6.92 Å². The fourth-order valence-corrected chi connectivity index (χ4v) is 5.47. The number of hydrogen-bond donors (Lipinski definition) is 4.